The summed E-state index contributed by atoms with van der Waals surface area (Å²) in [5.41, 5.74) is 2.60. The number of rotatable bonds is 7. The largest absolute Gasteiger partial charge is 0.379 e. The number of hydrazine groups is 1. The molecular formula is C13H19FN2O3. The van der Waals surface area contributed by atoms with E-state index in [2.05, 4.69) is 0 Å². The molecule has 106 valence electrons. The van der Waals surface area contributed by atoms with Gasteiger partial charge < -0.3 is 9.47 Å². The molecule has 3 N–H and O–H groups in total. The van der Waals surface area contributed by atoms with E-state index in [1.165, 1.54) is 18.2 Å². The summed E-state index contributed by atoms with van der Waals surface area (Å²) in [4.78, 5) is 11.3. The maximum atomic E-state index is 13.6. The van der Waals surface area contributed by atoms with Crippen molar-refractivity contribution in [2.45, 2.75) is 26.6 Å². The van der Waals surface area contributed by atoms with Gasteiger partial charge in [0, 0.05) is 17.7 Å². The minimum absolute atomic E-state index is 0.0752. The molecule has 0 aliphatic rings. The van der Waals surface area contributed by atoms with Gasteiger partial charge in [0.05, 0.1) is 19.3 Å². The van der Waals surface area contributed by atoms with Crippen molar-refractivity contribution < 1.29 is 18.7 Å². The Labute approximate surface area is 111 Å². The number of amides is 1. The number of hydrogen-bond acceptors (Lipinski definition) is 4. The molecule has 5 nitrogen and oxygen atoms in total. The molecule has 1 rings (SSSR count). The molecule has 0 aliphatic carbocycles. The van der Waals surface area contributed by atoms with Crippen molar-refractivity contribution in [3.05, 3.63) is 35.1 Å². The van der Waals surface area contributed by atoms with Crippen molar-refractivity contribution in [3.8, 4) is 0 Å². The van der Waals surface area contributed by atoms with Crippen LogP contribution in [0.3, 0.4) is 0 Å². The molecule has 0 bridgehead atoms. The number of hydrogen-bond donors (Lipinski definition) is 2. The number of ether oxygens (including phenoxy) is 2. The molecule has 0 fully saturated rings. The van der Waals surface area contributed by atoms with Crippen LogP contribution in [0.25, 0.3) is 0 Å². The summed E-state index contributed by atoms with van der Waals surface area (Å²) in [6, 6.07) is 4.01. The molecule has 1 atom stereocenters. The average molecular weight is 270 g/mol. The van der Waals surface area contributed by atoms with Gasteiger partial charge in [-0.05, 0) is 32.0 Å². The van der Waals surface area contributed by atoms with Crippen molar-refractivity contribution in [3.63, 3.8) is 0 Å². The first-order valence-electron chi connectivity index (χ1n) is 6.07. The summed E-state index contributed by atoms with van der Waals surface area (Å²) in [6.07, 6.45) is -0.147. The van der Waals surface area contributed by atoms with Gasteiger partial charge >= 0.3 is 0 Å². The maximum Gasteiger partial charge on any atom is 0.265 e. The molecule has 1 amide bonds. The number of benzene rings is 1. The van der Waals surface area contributed by atoms with E-state index in [1.54, 1.807) is 0 Å². The normalized spacial score (nSPS) is 12.2. The van der Waals surface area contributed by atoms with Crippen molar-refractivity contribution >= 4 is 5.91 Å². The van der Waals surface area contributed by atoms with Crippen LogP contribution < -0.4 is 11.3 Å². The van der Waals surface area contributed by atoms with Gasteiger partial charge in [0.2, 0.25) is 0 Å². The molecule has 6 heteroatoms. The van der Waals surface area contributed by atoms with E-state index in [0.29, 0.717) is 24.3 Å². The smallest absolute Gasteiger partial charge is 0.265 e. The minimum atomic E-state index is -0.469. The van der Waals surface area contributed by atoms with Crippen molar-refractivity contribution in [2.24, 2.45) is 5.84 Å². The highest BCUT2D eigenvalue weighted by Crippen LogP contribution is 2.13. The number of carbonyl (C=O) groups excluding carboxylic acids is 1. The molecule has 1 aromatic rings. The lowest BCUT2D eigenvalue weighted by Gasteiger charge is -2.13. The van der Waals surface area contributed by atoms with E-state index in [4.69, 9.17) is 15.3 Å². The molecule has 19 heavy (non-hydrogen) atoms. The fourth-order valence-electron chi connectivity index (χ4n) is 1.47. The zero-order chi connectivity index (χ0) is 14.3. The van der Waals surface area contributed by atoms with Crippen LogP contribution in [0.2, 0.25) is 0 Å². The molecule has 1 aromatic carbocycles. The number of nitrogens with one attached hydrogen (secondary N) is 1. The molecule has 0 saturated heterocycles. The lowest BCUT2D eigenvalue weighted by Crippen LogP contribution is -2.30. The van der Waals surface area contributed by atoms with Gasteiger partial charge in [-0.15, -0.1) is 0 Å². The second-order valence-corrected chi connectivity index (χ2v) is 4.06. The Morgan fingerprint density at radius 2 is 2.26 bits per heavy atom. The van der Waals surface area contributed by atoms with Gasteiger partial charge in [-0.25, -0.2) is 10.2 Å². The first kappa shape index (κ1) is 15.6. The van der Waals surface area contributed by atoms with Crippen molar-refractivity contribution in [1.29, 1.82) is 0 Å². The fourth-order valence-corrected chi connectivity index (χ4v) is 1.47. The number of nitrogen functional groups attached to an aromatic ring is 1. The lowest BCUT2D eigenvalue weighted by molar-refractivity contribution is -0.0125. The Balaban J connectivity index is 2.64. The van der Waals surface area contributed by atoms with Crippen LogP contribution in [0.1, 0.15) is 29.8 Å². The summed E-state index contributed by atoms with van der Waals surface area (Å²) in [5.74, 6) is 4.14. The zero-order valence-corrected chi connectivity index (χ0v) is 11.1. The predicted molar refractivity (Wildman–Crippen MR) is 68.8 cm³/mol. The predicted octanol–water partition coefficient (Wildman–Crippen LogP) is 1.37. The van der Waals surface area contributed by atoms with Gasteiger partial charge in [0.1, 0.15) is 5.82 Å². The maximum absolute atomic E-state index is 13.6. The molecular weight excluding hydrogens is 251 g/mol. The van der Waals surface area contributed by atoms with Crippen molar-refractivity contribution in [1.82, 2.24) is 5.43 Å². The summed E-state index contributed by atoms with van der Waals surface area (Å²) in [6.45, 7) is 4.85. The van der Waals surface area contributed by atoms with Gasteiger partial charge in [-0.2, -0.15) is 0 Å². The number of halogens is 1. The van der Waals surface area contributed by atoms with E-state index in [0.717, 1.165) is 0 Å². The summed E-state index contributed by atoms with van der Waals surface area (Å²) in [7, 11) is 0. The highest BCUT2D eigenvalue weighted by Gasteiger charge is 2.10. The second kappa shape index (κ2) is 7.83. The number of nitrogens with two attached hydrogens (primary N) is 1. The van der Waals surface area contributed by atoms with E-state index in [-0.39, 0.29) is 12.7 Å². The van der Waals surface area contributed by atoms with Gasteiger partial charge in [-0.1, -0.05) is 0 Å². The standard InChI is InChI=1S/C13H19FN2O3/c1-3-18-7-9(2)19-8-11-6-10(13(17)16-15)4-5-12(11)14/h4-6,9H,3,7-8,15H2,1-2H3,(H,16,17). The van der Waals surface area contributed by atoms with Crippen LogP contribution >= 0.6 is 0 Å². The fraction of sp³-hybridized carbons (Fsp3) is 0.462. The van der Waals surface area contributed by atoms with Gasteiger partial charge in [0.25, 0.3) is 5.91 Å². The van der Waals surface area contributed by atoms with Crippen LogP contribution in [0, 0.1) is 5.82 Å². The van der Waals surface area contributed by atoms with E-state index in [1.807, 2.05) is 19.3 Å². The monoisotopic (exact) mass is 270 g/mol. The summed E-state index contributed by atoms with van der Waals surface area (Å²) >= 11 is 0. The minimum Gasteiger partial charge on any atom is -0.379 e. The molecule has 1 unspecified atom stereocenters. The highest BCUT2D eigenvalue weighted by atomic mass is 19.1. The van der Waals surface area contributed by atoms with Crippen LogP contribution in [0.15, 0.2) is 18.2 Å². The first-order valence-corrected chi connectivity index (χ1v) is 6.07. The Kier molecular flexibility index (Phi) is 6.41. The summed E-state index contributed by atoms with van der Waals surface area (Å²) in [5, 5.41) is 0. The van der Waals surface area contributed by atoms with Crippen molar-refractivity contribution in [2.75, 3.05) is 13.2 Å². The Morgan fingerprint density at radius 3 is 2.89 bits per heavy atom. The average Bonchev–Trinajstić information content (AvgIpc) is 2.43. The van der Waals surface area contributed by atoms with Crippen LogP contribution in [0.4, 0.5) is 4.39 Å². The quantitative estimate of drug-likeness (QED) is 0.446. The van der Waals surface area contributed by atoms with Crippen LogP contribution in [-0.4, -0.2) is 25.2 Å². The molecule has 0 aromatic heterocycles. The summed E-state index contributed by atoms with van der Waals surface area (Å²) < 4.78 is 24.2. The Bertz CT molecular complexity index is 426. The first-order chi connectivity index (χ1) is 9.08. The molecule has 0 heterocycles. The third-order valence-corrected chi connectivity index (χ3v) is 2.52. The SMILES string of the molecule is CCOCC(C)OCc1cc(C(=O)NN)ccc1F. The third kappa shape index (κ3) is 4.94. The molecule has 0 saturated carbocycles. The van der Waals surface area contributed by atoms with Crippen LogP contribution in [0.5, 0.6) is 0 Å². The molecule has 0 radical (unpaired) electrons. The topological polar surface area (TPSA) is 73.6 Å². The van der Waals surface area contributed by atoms with E-state index >= 15 is 0 Å². The molecule has 0 spiro atoms. The Hall–Kier alpha value is -1.50. The lowest BCUT2D eigenvalue weighted by atomic mass is 10.1. The van der Waals surface area contributed by atoms with E-state index < -0.39 is 11.7 Å². The van der Waals surface area contributed by atoms with Gasteiger partial charge in [0.15, 0.2) is 0 Å². The van der Waals surface area contributed by atoms with Crippen LogP contribution in [-0.2, 0) is 16.1 Å². The third-order valence-electron chi connectivity index (χ3n) is 2.52. The Morgan fingerprint density at radius 1 is 1.53 bits per heavy atom. The zero-order valence-electron chi connectivity index (χ0n) is 11.1. The highest BCUT2D eigenvalue weighted by molar-refractivity contribution is 5.93. The van der Waals surface area contributed by atoms with E-state index in [9.17, 15) is 9.18 Å². The molecule has 0 aliphatic heterocycles. The second-order valence-electron chi connectivity index (χ2n) is 4.06. The number of carbonyl (C=O) groups is 1. The van der Waals surface area contributed by atoms with Gasteiger partial charge in [-0.3, -0.25) is 10.2 Å².